The Morgan fingerprint density at radius 1 is 1.00 bits per heavy atom. The van der Waals surface area contributed by atoms with Crippen LogP contribution in [0.15, 0.2) is 54.6 Å². The fourth-order valence-corrected chi connectivity index (χ4v) is 3.38. The maximum absolute atomic E-state index is 12.7. The number of hydrogen-bond donors (Lipinski definition) is 0. The van der Waals surface area contributed by atoms with Gasteiger partial charge in [-0.2, -0.15) is 0 Å². The van der Waals surface area contributed by atoms with E-state index < -0.39 is 6.10 Å². The zero-order chi connectivity index (χ0) is 18.4. The standard InChI is InChI=1S/C22H28N2O2/c1-3-20-11-7-8-12-21(20)26-18(2)22(25)24-15-13-23(14-16-24)17-19-9-5-4-6-10-19/h4-12,18H,3,13-17H2,1-2H3/t18-/m1/s1. The van der Waals surface area contributed by atoms with Crippen molar-refractivity contribution in [2.45, 2.75) is 32.9 Å². The minimum Gasteiger partial charge on any atom is -0.481 e. The molecule has 1 aliphatic heterocycles. The van der Waals surface area contributed by atoms with Gasteiger partial charge in [0.05, 0.1) is 0 Å². The number of benzene rings is 2. The first-order valence-electron chi connectivity index (χ1n) is 9.47. The normalized spacial score (nSPS) is 16.3. The van der Waals surface area contributed by atoms with E-state index in [1.54, 1.807) is 0 Å². The van der Waals surface area contributed by atoms with E-state index in [-0.39, 0.29) is 5.91 Å². The molecule has 0 spiro atoms. The number of aryl methyl sites for hydroxylation is 1. The summed E-state index contributed by atoms with van der Waals surface area (Å²) in [5, 5.41) is 0. The molecular formula is C22H28N2O2. The predicted molar refractivity (Wildman–Crippen MR) is 104 cm³/mol. The van der Waals surface area contributed by atoms with Gasteiger partial charge in [0.2, 0.25) is 0 Å². The summed E-state index contributed by atoms with van der Waals surface area (Å²) in [5.41, 5.74) is 2.46. The Bertz CT molecular complexity index is 709. The lowest BCUT2D eigenvalue weighted by Crippen LogP contribution is -2.51. The molecule has 0 N–H and O–H groups in total. The quantitative estimate of drug-likeness (QED) is 0.799. The molecule has 4 nitrogen and oxygen atoms in total. The van der Waals surface area contributed by atoms with Crippen molar-refractivity contribution in [1.82, 2.24) is 9.80 Å². The van der Waals surface area contributed by atoms with Gasteiger partial charge in [0.15, 0.2) is 6.10 Å². The zero-order valence-electron chi connectivity index (χ0n) is 15.7. The summed E-state index contributed by atoms with van der Waals surface area (Å²) in [6.07, 6.45) is 0.443. The van der Waals surface area contributed by atoms with E-state index >= 15 is 0 Å². The first kappa shape index (κ1) is 18.5. The van der Waals surface area contributed by atoms with Crippen LogP contribution >= 0.6 is 0 Å². The number of para-hydroxylation sites is 1. The summed E-state index contributed by atoms with van der Waals surface area (Å²) < 4.78 is 5.97. The van der Waals surface area contributed by atoms with Crippen LogP contribution in [0.4, 0.5) is 0 Å². The average Bonchev–Trinajstić information content (AvgIpc) is 2.69. The number of amides is 1. The van der Waals surface area contributed by atoms with Crippen molar-refractivity contribution < 1.29 is 9.53 Å². The van der Waals surface area contributed by atoms with E-state index in [2.05, 4.69) is 42.2 Å². The average molecular weight is 352 g/mol. The highest BCUT2D eigenvalue weighted by Crippen LogP contribution is 2.20. The Balaban J connectivity index is 1.51. The highest BCUT2D eigenvalue weighted by molar-refractivity contribution is 5.81. The first-order valence-corrected chi connectivity index (χ1v) is 9.47. The highest BCUT2D eigenvalue weighted by Gasteiger charge is 2.26. The van der Waals surface area contributed by atoms with Gasteiger partial charge in [-0.25, -0.2) is 0 Å². The van der Waals surface area contributed by atoms with E-state index in [0.29, 0.717) is 0 Å². The van der Waals surface area contributed by atoms with Gasteiger partial charge >= 0.3 is 0 Å². The Kier molecular flexibility index (Phi) is 6.29. The van der Waals surface area contributed by atoms with E-state index in [1.807, 2.05) is 36.1 Å². The lowest BCUT2D eigenvalue weighted by Gasteiger charge is -2.36. The molecule has 0 radical (unpaired) electrons. The number of rotatable bonds is 6. The fourth-order valence-electron chi connectivity index (χ4n) is 3.38. The number of nitrogens with zero attached hydrogens (tertiary/aromatic N) is 2. The van der Waals surface area contributed by atoms with Crippen LogP contribution in [0, 0.1) is 0 Å². The first-order chi connectivity index (χ1) is 12.7. The largest absolute Gasteiger partial charge is 0.481 e. The molecule has 0 unspecified atom stereocenters. The molecule has 1 fully saturated rings. The maximum atomic E-state index is 12.7. The number of carbonyl (C=O) groups excluding carboxylic acids is 1. The molecule has 3 rings (SSSR count). The van der Waals surface area contributed by atoms with Gasteiger partial charge in [-0.1, -0.05) is 55.5 Å². The van der Waals surface area contributed by atoms with Gasteiger partial charge in [-0.3, -0.25) is 9.69 Å². The third-order valence-corrected chi connectivity index (χ3v) is 4.94. The van der Waals surface area contributed by atoms with E-state index in [9.17, 15) is 4.79 Å². The zero-order valence-corrected chi connectivity index (χ0v) is 15.7. The number of hydrogen-bond acceptors (Lipinski definition) is 3. The topological polar surface area (TPSA) is 32.8 Å². The van der Waals surface area contributed by atoms with Gasteiger partial charge in [0, 0.05) is 32.7 Å². The van der Waals surface area contributed by atoms with Crippen molar-refractivity contribution in [3.8, 4) is 5.75 Å². The number of carbonyl (C=O) groups is 1. The molecule has 4 heteroatoms. The molecule has 1 aliphatic rings. The Hall–Kier alpha value is -2.33. The second-order valence-corrected chi connectivity index (χ2v) is 6.81. The predicted octanol–water partition coefficient (Wildman–Crippen LogP) is 3.36. The van der Waals surface area contributed by atoms with E-state index in [4.69, 9.17) is 4.74 Å². The molecule has 0 aliphatic carbocycles. The summed E-state index contributed by atoms with van der Waals surface area (Å²) >= 11 is 0. The molecular weight excluding hydrogens is 324 g/mol. The van der Waals surface area contributed by atoms with Crippen molar-refractivity contribution in [2.75, 3.05) is 26.2 Å². The fraction of sp³-hybridized carbons (Fsp3) is 0.409. The lowest BCUT2D eigenvalue weighted by molar-refractivity contribution is -0.139. The van der Waals surface area contributed by atoms with Crippen LogP contribution < -0.4 is 4.74 Å². The van der Waals surface area contributed by atoms with E-state index in [1.165, 1.54) is 5.56 Å². The summed E-state index contributed by atoms with van der Waals surface area (Å²) in [6.45, 7) is 8.21. The summed E-state index contributed by atoms with van der Waals surface area (Å²) in [6, 6.07) is 18.4. The number of ether oxygens (including phenoxy) is 1. The second-order valence-electron chi connectivity index (χ2n) is 6.81. The van der Waals surface area contributed by atoms with Crippen LogP contribution in [0.1, 0.15) is 25.0 Å². The van der Waals surface area contributed by atoms with Crippen LogP contribution in [-0.4, -0.2) is 48.0 Å². The van der Waals surface area contributed by atoms with Gasteiger partial charge in [-0.05, 0) is 30.5 Å². The van der Waals surface area contributed by atoms with Gasteiger partial charge in [-0.15, -0.1) is 0 Å². The van der Waals surface area contributed by atoms with Crippen LogP contribution in [0.3, 0.4) is 0 Å². The molecule has 1 atom stereocenters. The summed E-state index contributed by atoms with van der Waals surface area (Å²) in [5.74, 6) is 0.897. The lowest BCUT2D eigenvalue weighted by atomic mass is 10.1. The maximum Gasteiger partial charge on any atom is 0.263 e. The molecule has 2 aromatic rings. The van der Waals surface area contributed by atoms with Gasteiger partial charge in [0.25, 0.3) is 5.91 Å². The molecule has 1 amide bonds. The van der Waals surface area contributed by atoms with E-state index in [0.717, 1.165) is 50.5 Å². The van der Waals surface area contributed by atoms with Crippen LogP contribution in [0.25, 0.3) is 0 Å². The minimum absolute atomic E-state index is 0.0790. The highest BCUT2D eigenvalue weighted by atomic mass is 16.5. The van der Waals surface area contributed by atoms with Crippen molar-refractivity contribution in [3.05, 3.63) is 65.7 Å². The molecule has 1 saturated heterocycles. The minimum atomic E-state index is -0.455. The van der Waals surface area contributed by atoms with Crippen LogP contribution in [0.2, 0.25) is 0 Å². The Labute approximate surface area is 156 Å². The molecule has 2 aromatic carbocycles. The smallest absolute Gasteiger partial charge is 0.263 e. The molecule has 26 heavy (non-hydrogen) atoms. The van der Waals surface area contributed by atoms with Crippen molar-refractivity contribution >= 4 is 5.91 Å². The summed E-state index contributed by atoms with van der Waals surface area (Å²) in [4.78, 5) is 17.1. The van der Waals surface area contributed by atoms with Crippen molar-refractivity contribution in [1.29, 1.82) is 0 Å². The molecule has 1 heterocycles. The Morgan fingerprint density at radius 3 is 2.35 bits per heavy atom. The third-order valence-electron chi connectivity index (χ3n) is 4.94. The van der Waals surface area contributed by atoms with Crippen molar-refractivity contribution in [2.24, 2.45) is 0 Å². The Morgan fingerprint density at radius 2 is 1.65 bits per heavy atom. The van der Waals surface area contributed by atoms with Crippen LogP contribution in [-0.2, 0) is 17.8 Å². The van der Waals surface area contributed by atoms with Gasteiger partial charge < -0.3 is 9.64 Å². The molecule has 0 saturated carbocycles. The second kappa shape index (κ2) is 8.86. The molecule has 0 aromatic heterocycles. The molecule has 138 valence electrons. The molecule has 0 bridgehead atoms. The third kappa shape index (κ3) is 4.64. The van der Waals surface area contributed by atoms with Crippen LogP contribution in [0.5, 0.6) is 5.75 Å². The SMILES string of the molecule is CCc1ccccc1O[C@H](C)C(=O)N1CCN(Cc2ccccc2)CC1. The van der Waals surface area contributed by atoms with Crippen molar-refractivity contribution in [3.63, 3.8) is 0 Å². The monoisotopic (exact) mass is 352 g/mol. The van der Waals surface area contributed by atoms with Gasteiger partial charge in [0.1, 0.15) is 5.75 Å². The summed E-state index contributed by atoms with van der Waals surface area (Å²) in [7, 11) is 0. The number of piperazine rings is 1.